The third-order valence-corrected chi connectivity index (χ3v) is 3.56. The fourth-order valence-electron chi connectivity index (χ4n) is 2.50. The van der Waals surface area contributed by atoms with Crippen LogP contribution in [0.5, 0.6) is 11.5 Å². The number of aryl methyl sites for hydroxylation is 1. The lowest BCUT2D eigenvalue weighted by Crippen LogP contribution is -1.92. The molecule has 0 fully saturated rings. The molecule has 0 saturated carbocycles. The molecule has 2 heteroatoms. The normalized spacial score (nSPS) is 10.4. The van der Waals surface area contributed by atoms with E-state index in [1.54, 1.807) is 19.3 Å². The van der Waals surface area contributed by atoms with Gasteiger partial charge in [-0.15, -0.1) is 6.58 Å². The zero-order valence-electron chi connectivity index (χ0n) is 12.7. The molecule has 0 aromatic heterocycles. The van der Waals surface area contributed by atoms with E-state index in [9.17, 15) is 5.11 Å². The Morgan fingerprint density at radius 3 is 2.67 bits per heavy atom. The second-order valence-electron chi connectivity index (χ2n) is 5.12. The van der Waals surface area contributed by atoms with Gasteiger partial charge in [0.2, 0.25) is 0 Å². The van der Waals surface area contributed by atoms with E-state index in [0.29, 0.717) is 12.2 Å². The van der Waals surface area contributed by atoms with Gasteiger partial charge in [0.25, 0.3) is 0 Å². The lowest BCUT2D eigenvalue weighted by atomic mass is 9.97. The fraction of sp³-hybridized carbons (Fsp3) is 0.263. The van der Waals surface area contributed by atoms with Crippen molar-refractivity contribution in [2.45, 2.75) is 26.2 Å². The number of ether oxygens (including phenoxy) is 1. The van der Waals surface area contributed by atoms with Crippen LogP contribution in [0.25, 0.3) is 11.1 Å². The number of allylic oxidation sites excluding steroid dienone is 1. The molecule has 2 aromatic carbocycles. The van der Waals surface area contributed by atoms with Gasteiger partial charge in [0.15, 0.2) is 0 Å². The van der Waals surface area contributed by atoms with Crippen LogP contribution in [0.2, 0.25) is 0 Å². The van der Waals surface area contributed by atoms with Gasteiger partial charge in [-0.05, 0) is 53.8 Å². The standard InChI is InChI=1S/C19H22O2/c1-4-6-14-8-11-19(21-3)17(12-14)15-9-10-18(20)16(13-15)7-5-2/h5,8-13,20H,2,4,6-7H2,1,3H3. The first-order valence-electron chi connectivity index (χ1n) is 7.29. The molecule has 0 heterocycles. The summed E-state index contributed by atoms with van der Waals surface area (Å²) in [5.74, 6) is 1.16. The van der Waals surface area contributed by atoms with Crippen molar-refractivity contribution >= 4 is 0 Å². The summed E-state index contributed by atoms with van der Waals surface area (Å²) in [5.41, 5.74) is 4.30. The number of methoxy groups -OCH3 is 1. The van der Waals surface area contributed by atoms with Crippen molar-refractivity contribution < 1.29 is 9.84 Å². The number of rotatable bonds is 6. The van der Waals surface area contributed by atoms with Crippen LogP contribution in [-0.4, -0.2) is 12.2 Å². The Morgan fingerprint density at radius 2 is 2.00 bits per heavy atom. The molecule has 0 aliphatic heterocycles. The summed E-state index contributed by atoms with van der Waals surface area (Å²) in [7, 11) is 1.68. The highest BCUT2D eigenvalue weighted by molar-refractivity contribution is 5.72. The fourth-order valence-corrected chi connectivity index (χ4v) is 2.50. The maximum atomic E-state index is 9.90. The molecule has 0 saturated heterocycles. The van der Waals surface area contributed by atoms with Gasteiger partial charge < -0.3 is 9.84 Å². The smallest absolute Gasteiger partial charge is 0.126 e. The van der Waals surface area contributed by atoms with Gasteiger partial charge in [-0.2, -0.15) is 0 Å². The predicted molar refractivity (Wildman–Crippen MR) is 88.0 cm³/mol. The van der Waals surface area contributed by atoms with Crippen molar-refractivity contribution in [2.75, 3.05) is 7.11 Å². The number of aromatic hydroxyl groups is 1. The third kappa shape index (κ3) is 3.46. The van der Waals surface area contributed by atoms with Crippen molar-refractivity contribution in [1.29, 1.82) is 0 Å². The van der Waals surface area contributed by atoms with E-state index >= 15 is 0 Å². The van der Waals surface area contributed by atoms with E-state index in [2.05, 4.69) is 25.6 Å². The van der Waals surface area contributed by atoms with Gasteiger partial charge in [0.1, 0.15) is 11.5 Å². The molecule has 1 N–H and O–H groups in total. The van der Waals surface area contributed by atoms with Gasteiger partial charge in [0.05, 0.1) is 7.11 Å². The summed E-state index contributed by atoms with van der Waals surface area (Å²) >= 11 is 0. The molecule has 2 aromatic rings. The molecule has 0 atom stereocenters. The average Bonchev–Trinajstić information content (AvgIpc) is 2.50. The number of phenols is 1. The van der Waals surface area contributed by atoms with E-state index in [-0.39, 0.29) is 0 Å². The average molecular weight is 282 g/mol. The van der Waals surface area contributed by atoms with Crippen molar-refractivity contribution in [3.63, 3.8) is 0 Å². The Kier molecular flexibility index (Phi) is 5.04. The highest BCUT2D eigenvalue weighted by Crippen LogP contribution is 2.34. The van der Waals surface area contributed by atoms with Crippen LogP contribution in [0.1, 0.15) is 24.5 Å². The van der Waals surface area contributed by atoms with Crippen LogP contribution in [-0.2, 0) is 12.8 Å². The first-order chi connectivity index (χ1) is 10.2. The molecule has 2 rings (SSSR count). The highest BCUT2D eigenvalue weighted by Gasteiger charge is 2.09. The molecule has 0 radical (unpaired) electrons. The highest BCUT2D eigenvalue weighted by atomic mass is 16.5. The van der Waals surface area contributed by atoms with Crippen LogP contribution in [0, 0.1) is 0 Å². The molecule has 0 spiro atoms. The molecule has 0 unspecified atom stereocenters. The van der Waals surface area contributed by atoms with E-state index in [1.807, 2.05) is 18.2 Å². The maximum Gasteiger partial charge on any atom is 0.126 e. The molecule has 0 amide bonds. The molecular formula is C19H22O2. The summed E-state index contributed by atoms with van der Waals surface area (Å²) in [6, 6.07) is 12.0. The van der Waals surface area contributed by atoms with Gasteiger partial charge in [-0.3, -0.25) is 0 Å². The SMILES string of the molecule is C=CCc1cc(-c2cc(CCC)ccc2OC)ccc1O. The minimum atomic E-state index is 0.308. The van der Waals surface area contributed by atoms with Crippen LogP contribution in [0.15, 0.2) is 49.1 Å². The zero-order valence-corrected chi connectivity index (χ0v) is 12.7. The van der Waals surface area contributed by atoms with E-state index in [4.69, 9.17) is 4.74 Å². The first kappa shape index (κ1) is 15.2. The Morgan fingerprint density at radius 1 is 1.19 bits per heavy atom. The molecule has 2 nitrogen and oxygen atoms in total. The molecular weight excluding hydrogens is 260 g/mol. The second kappa shape index (κ2) is 6.98. The first-order valence-corrected chi connectivity index (χ1v) is 7.29. The number of phenolic OH excluding ortho intramolecular Hbond substituents is 1. The molecule has 0 aliphatic carbocycles. The number of benzene rings is 2. The lowest BCUT2D eigenvalue weighted by Gasteiger charge is -2.12. The summed E-state index contributed by atoms with van der Waals surface area (Å²) in [6.45, 7) is 5.91. The molecule has 0 bridgehead atoms. The Bertz CT molecular complexity index is 629. The topological polar surface area (TPSA) is 29.5 Å². The lowest BCUT2D eigenvalue weighted by molar-refractivity contribution is 0.416. The summed E-state index contributed by atoms with van der Waals surface area (Å²) in [5, 5.41) is 9.90. The van der Waals surface area contributed by atoms with E-state index in [1.165, 1.54) is 5.56 Å². The molecule has 110 valence electrons. The third-order valence-electron chi connectivity index (χ3n) is 3.56. The number of hydrogen-bond donors (Lipinski definition) is 1. The predicted octanol–water partition coefficient (Wildman–Crippen LogP) is 4.75. The minimum absolute atomic E-state index is 0.308. The summed E-state index contributed by atoms with van der Waals surface area (Å²) in [4.78, 5) is 0. The molecule has 0 aliphatic rings. The maximum absolute atomic E-state index is 9.90. The number of hydrogen-bond acceptors (Lipinski definition) is 2. The monoisotopic (exact) mass is 282 g/mol. The van der Waals surface area contributed by atoms with Crippen LogP contribution < -0.4 is 4.74 Å². The van der Waals surface area contributed by atoms with E-state index < -0.39 is 0 Å². The van der Waals surface area contributed by atoms with Crippen molar-refractivity contribution in [2.24, 2.45) is 0 Å². The Balaban J connectivity index is 2.51. The van der Waals surface area contributed by atoms with Crippen LogP contribution >= 0.6 is 0 Å². The van der Waals surface area contributed by atoms with E-state index in [0.717, 1.165) is 35.3 Å². The van der Waals surface area contributed by atoms with Gasteiger partial charge in [-0.25, -0.2) is 0 Å². The van der Waals surface area contributed by atoms with Crippen molar-refractivity contribution in [3.8, 4) is 22.6 Å². The van der Waals surface area contributed by atoms with Crippen molar-refractivity contribution in [1.82, 2.24) is 0 Å². The summed E-state index contributed by atoms with van der Waals surface area (Å²) < 4.78 is 5.48. The van der Waals surface area contributed by atoms with Gasteiger partial charge in [0, 0.05) is 5.56 Å². The van der Waals surface area contributed by atoms with Crippen molar-refractivity contribution in [3.05, 3.63) is 60.2 Å². The van der Waals surface area contributed by atoms with Crippen LogP contribution in [0.3, 0.4) is 0 Å². The van der Waals surface area contributed by atoms with Gasteiger partial charge in [-0.1, -0.05) is 31.6 Å². The summed E-state index contributed by atoms with van der Waals surface area (Å²) in [6.07, 6.45) is 4.61. The van der Waals surface area contributed by atoms with Crippen LogP contribution in [0.4, 0.5) is 0 Å². The molecule has 21 heavy (non-hydrogen) atoms. The van der Waals surface area contributed by atoms with Gasteiger partial charge >= 0.3 is 0 Å². The second-order valence-corrected chi connectivity index (χ2v) is 5.12. The minimum Gasteiger partial charge on any atom is -0.508 e. The zero-order chi connectivity index (χ0) is 15.2. The quantitative estimate of drug-likeness (QED) is 0.775. The Labute approximate surface area is 126 Å². The Hall–Kier alpha value is -2.22. The largest absolute Gasteiger partial charge is 0.508 e.